The number of H-pyrrole nitrogens is 1. The third-order valence-corrected chi connectivity index (χ3v) is 3.18. The second-order valence-electron chi connectivity index (χ2n) is 4.37. The Labute approximate surface area is 105 Å². The van der Waals surface area contributed by atoms with Crippen LogP contribution in [0.25, 0.3) is 0 Å². The number of hydrogen-bond acceptors (Lipinski definition) is 5. The van der Waals surface area contributed by atoms with Gasteiger partial charge < -0.3 is 9.47 Å². The molecule has 1 aromatic rings. The van der Waals surface area contributed by atoms with E-state index in [0.717, 1.165) is 19.3 Å². The molecule has 7 nitrogen and oxygen atoms in total. The second kappa shape index (κ2) is 5.34. The third-order valence-electron chi connectivity index (χ3n) is 3.18. The fourth-order valence-electron chi connectivity index (χ4n) is 1.99. The van der Waals surface area contributed by atoms with Crippen molar-refractivity contribution < 1.29 is 14.3 Å². The van der Waals surface area contributed by atoms with E-state index in [1.807, 2.05) is 6.92 Å². The molecule has 2 N–H and O–H groups in total. The lowest BCUT2D eigenvalue weighted by atomic mass is 9.77. The number of hydrogen-bond donors (Lipinski definition) is 2. The van der Waals surface area contributed by atoms with Gasteiger partial charge >= 0.3 is 6.01 Å². The Balaban J connectivity index is 1.86. The van der Waals surface area contributed by atoms with Crippen LogP contribution in [-0.2, 0) is 9.53 Å². The molecule has 0 aromatic carbocycles. The smallest absolute Gasteiger partial charge is 0.337 e. The maximum Gasteiger partial charge on any atom is 0.337 e. The molecular formula is C11H18N4O3. The van der Waals surface area contributed by atoms with Crippen molar-refractivity contribution in [3.8, 4) is 6.01 Å². The number of anilines is 1. The topological polar surface area (TPSA) is 89.1 Å². The van der Waals surface area contributed by atoms with E-state index in [2.05, 4.69) is 20.5 Å². The normalized spacial score (nSPS) is 17.0. The highest BCUT2D eigenvalue weighted by Crippen LogP contribution is 2.38. The minimum atomic E-state index is -0.285. The van der Waals surface area contributed by atoms with E-state index in [1.165, 1.54) is 0 Å². The fraction of sp³-hybridized carbons (Fsp3) is 0.727. The maximum atomic E-state index is 11.8. The highest BCUT2D eigenvalue weighted by Gasteiger charge is 2.39. The summed E-state index contributed by atoms with van der Waals surface area (Å²) in [6.45, 7) is 2.32. The average molecular weight is 254 g/mol. The first-order valence-electron chi connectivity index (χ1n) is 6.08. The molecule has 1 aliphatic carbocycles. The van der Waals surface area contributed by atoms with E-state index in [-0.39, 0.29) is 17.5 Å². The molecule has 100 valence electrons. The maximum absolute atomic E-state index is 11.8. The average Bonchev–Trinajstić information content (AvgIpc) is 2.71. The van der Waals surface area contributed by atoms with Gasteiger partial charge in [-0.25, -0.2) is 5.10 Å². The van der Waals surface area contributed by atoms with E-state index >= 15 is 0 Å². The Bertz CT molecular complexity index is 409. The van der Waals surface area contributed by atoms with E-state index in [0.29, 0.717) is 19.0 Å². The standard InChI is InChI=1S/C11H18N4O3/c1-3-18-10-13-9(14-15-10)12-8(16)7-11(17-2)5-4-6-11/h3-7H2,1-2H3,(H2,12,13,14,15,16). The Morgan fingerprint density at radius 2 is 2.33 bits per heavy atom. The Morgan fingerprint density at radius 3 is 2.89 bits per heavy atom. The predicted octanol–water partition coefficient (Wildman–Crippen LogP) is 1.10. The van der Waals surface area contributed by atoms with Gasteiger partial charge in [-0.15, -0.1) is 5.10 Å². The monoisotopic (exact) mass is 254 g/mol. The van der Waals surface area contributed by atoms with Crippen molar-refractivity contribution in [2.24, 2.45) is 0 Å². The number of nitrogens with one attached hydrogen (secondary N) is 2. The molecule has 0 spiro atoms. The SMILES string of the molecule is CCOc1n[nH]c(NC(=O)CC2(OC)CCC2)n1. The first-order valence-corrected chi connectivity index (χ1v) is 6.08. The lowest BCUT2D eigenvalue weighted by Crippen LogP contribution is -2.42. The van der Waals surface area contributed by atoms with Crippen molar-refractivity contribution in [2.75, 3.05) is 19.0 Å². The minimum Gasteiger partial charge on any atom is -0.463 e. The second-order valence-corrected chi connectivity index (χ2v) is 4.37. The predicted molar refractivity (Wildman–Crippen MR) is 64.4 cm³/mol. The van der Waals surface area contributed by atoms with Crippen LogP contribution in [0.2, 0.25) is 0 Å². The summed E-state index contributed by atoms with van der Waals surface area (Å²) in [6.07, 6.45) is 3.31. The molecule has 0 unspecified atom stereocenters. The molecule has 2 rings (SSSR count). The Kier molecular flexibility index (Phi) is 3.81. The van der Waals surface area contributed by atoms with Crippen LogP contribution in [0.1, 0.15) is 32.6 Å². The highest BCUT2D eigenvalue weighted by atomic mass is 16.5. The molecule has 1 saturated carbocycles. The number of aromatic nitrogens is 3. The molecule has 7 heteroatoms. The Hall–Kier alpha value is -1.63. The molecule has 18 heavy (non-hydrogen) atoms. The zero-order valence-corrected chi connectivity index (χ0v) is 10.7. The van der Waals surface area contributed by atoms with Crippen LogP contribution in [0.15, 0.2) is 0 Å². The summed E-state index contributed by atoms with van der Waals surface area (Å²) in [6, 6.07) is 0.234. The van der Waals surface area contributed by atoms with Crippen LogP contribution in [0.3, 0.4) is 0 Å². The van der Waals surface area contributed by atoms with Crippen molar-refractivity contribution in [1.82, 2.24) is 15.2 Å². The van der Waals surface area contributed by atoms with Crippen LogP contribution in [0, 0.1) is 0 Å². The largest absolute Gasteiger partial charge is 0.463 e. The number of rotatable bonds is 6. The van der Waals surface area contributed by atoms with Gasteiger partial charge in [0.05, 0.1) is 18.6 Å². The quantitative estimate of drug-likeness (QED) is 0.793. The molecule has 0 atom stereocenters. The van der Waals surface area contributed by atoms with Gasteiger partial charge in [0, 0.05) is 7.11 Å². The summed E-state index contributed by atoms with van der Waals surface area (Å²) in [7, 11) is 1.65. The van der Waals surface area contributed by atoms with Gasteiger partial charge in [0.25, 0.3) is 0 Å². The molecule has 1 aromatic heterocycles. The number of nitrogens with zero attached hydrogens (tertiary/aromatic N) is 2. The molecule has 1 amide bonds. The zero-order chi connectivity index (χ0) is 13.0. The number of aromatic amines is 1. The van der Waals surface area contributed by atoms with E-state index in [4.69, 9.17) is 9.47 Å². The summed E-state index contributed by atoms with van der Waals surface area (Å²) in [5, 5.41) is 9.06. The van der Waals surface area contributed by atoms with E-state index in [9.17, 15) is 4.79 Å². The summed E-state index contributed by atoms with van der Waals surface area (Å²) in [5.41, 5.74) is -0.285. The summed E-state index contributed by atoms with van der Waals surface area (Å²) in [4.78, 5) is 15.8. The van der Waals surface area contributed by atoms with Crippen molar-refractivity contribution in [2.45, 2.75) is 38.2 Å². The first kappa shape index (κ1) is 12.8. The molecule has 0 aliphatic heterocycles. The number of methoxy groups -OCH3 is 1. The minimum absolute atomic E-state index is 0.129. The third kappa shape index (κ3) is 2.79. The molecular weight excluding hydrogens is 236 g/mol. The van der Waals surface area contributed by atoms with Crippen LogP contribution >= 0.6 is 0 Å². The van der Waals surface area contributed by atoms with Gasteiger partial charge in [0.1, 0.15) is 0 Å². The van der Waals surface area contributed by atoms with Gasteiger partial charge in [-0.1, -0.05) is 0 Å². The Morgan fingerprint density at radius 1 is 1.56 bits per heavy atom. The van der Waals surface area contributed by atoms with Crippen LogP contribution in [0.4, 0.5) is 5.95 Å². The van der Waals surface area contributed by atoms with Gasteiger partial charge in [-0.2, -0.15) is 4.98 Å². The number of ether oxygens (including phenoxy) is 2. The summed E-state index contributed by atoms with van der Waals surface area (Å²) >= 11 is 0. The van der Waals surface area contributed by atoms with Crippen molar-refractivity contribution in [3.05, 3.63) is 0 Å². The van der Waals surface area contributed by atoms with Crippen molar-refractivity contribution >= 4 is 11.9 Å². The summed E-state index contributed by atoms with van der Waals surface area (Å²) in [5.74, 6) is 0.171. The lowest BCUT2D eigenvalue weighted by Gasteiger charge is -2.39. The van der Waals surface area contributed by atoms with Crippen molar-refractivity contribution in [3.63, 3.8) is 0 Å². The number of carbonyl (C=O) groups is 1. The van der Waals surface area contributed by atoms with Crippen LogP contribution in [0.5, 0.6) is 6.01 Å². The molecule has 0 radical (unpaired) electrons. The van der Waals surface area contributed by atoms with Gasteiger partial charge in [-0.05, 0) is 26.2 Å². The van der Waals surface area contributed by atoms with E-state index < -0.39 is 0 Å². The van der Waals surface area contributed by atoms with Gasteiger partial charge in [-0.3, -0.25) is 10.1 Å². The van der Waals surface area contributed by atoms with Gasteiger partial charge in [0.15, 0.2) is 0 Å². The molecule has 1 aliphatic rings. The zero-order valence-electron chi connectivity index (χ0n) is 10.7. The molecule has 1 heterocycles. The molecule has 0 bridgehead atoms. The summed E-state index contributed by atoms with van der Waals surface area (Å²) < 4.78 is 10.5. The van der Waals surface area contributed by atoms with Gasteiger partial charge in [0.2, 0.25) is 11.9 Å². The highest BCUT2D eigenvalue weighted by molar-refractivity contribution is 5.89. The lowest BCUT2D eigenvalue weighted by molar-refractivity contribution is -0.129. The van der Waals surface area contributed by atoms with Crippen LogP contribution < -0.4 is 10.1 Å². The fourth-order valence-corrected chi connectivity index (χ4v) is 1.99. The number of carbonyl (C=O) groups excluding carboxylic acids is 1. The van der Waals surface area contributed by atoms with Crippen LogP contribution in [-0.4, -0.2) is 40.4 Å². The van der Waals surface area contributed by atoms with Crippen molar-refractivity contribution in [1.29, 1.82) is 0 Å². The number of amides is 1. The molecule has 1 fully saturated rings. The molecule has 0 saturated heterocycles. The van der Waals surface area contributed by atoms with E-state index in [1.54, 1.807) is 7.11 Å². The first-order chi connectivity index (χ1) is 8.67.